The maximum absolute atomic E-state index is 5.31. The van der Waals surface area contributed by atoms with E-state index in [4.69, 9.17) is 9.47 Å². The van der Waals surface area contributed by atoms with Gasteiger partial charge in [-0.1, -0.05) is 0 Å². The molecule has 1 aliphatic heterocycles. The molecule has 0 aromatic carbocycles. The van der Waals surface area contributed by atoms with Crippen LogP contribution in [0.1, 0.15) is 0 Å². The number of hydrogen-bond donors (Lipinski definition) is 0. The van der Waals surface area contributed by atoms with Crippen molar-refractivity contribution < 1.29 is 9.47 Å². The molecule has 3 nitrogen and oxygen atoms in total. The van der Waals surface area contributed by atoms with Crippen molar-refractivity contribution in [2.45, 2.75) is 14.8 Å². The van der Waals surface area contributed by atoms with E-state index < -0.39 is 18.4 Å². The van der Waals surface area contributed by atoms with Crippen LogP contribution in [-0.4, -0.2) is 30.2 Å². The van der Waals surface area contributed by atoms with Crippen LogP contribution in [-0.2, 0) is 0 Å². The number of rotatable bonds is 1. The second kappa shape index (κ2) is 3.04. The van der Waals surface area contributed by atoms with Crippen molar-refractivity contribution in [3.63, 3.8) is 0 Å². The van der Waals surface area contributed by atoms with E-state index in [2.05, 4.69) is 19.8 Å². The first-order valence-electron chi connectivity index (χ1n) is 4.33. The molecule has 0 amide bonds. The zero-order valence-corrected chi connectivity index (χ0v) is 11.0. The van der Waals surface area contributed by atoms with E-state index in [1.807, 2.05) is 6.07 Å². The molecule has 2 heterocycles. The predicted octanol–water partition coefficient (Wildman–Crippen LogP) is 1.36. The summed E-state index contributed by atoms with van der Waals surface area (Å²) >= 11 is -2.03. The van der Waals surface area contributed by atoms with E-state index in [-0.39, 0.29) is 0 Å². The fourth-order valence-electron chi connectivity index (χ4n) is 1.21. The molecule has 0 saturated carbocycles. The van der Waals surface area contributed by atoms with Gasteiger partial charge in [0.2, 0.25) is 0 Å². The van der Waals surface area contributed by atoms with Gasteiger partial charge in [0.15, 0.2) is 0 Å². The number of fused-ring (bicyclic) bond motifs is 1. The minimum atomic E-state index is -2.03. The molecule has 2 rings (SSSR count). The molecule has 0 saturated heterocycles. The Morgan fingerprint density at radius 2 is 1.92 bits per heavy atom. The molecule has 0 aliphatic carbocycles. The van der Waals surface area contributed by atoms with Gasteiger partial charge in [0, 0.05) is 0 Å². The van der Waals surface area contributed by atoms with Gasteiger partial charge in [-0.25, -0.2) is 0 Å². The summed E-state index contributed by atoms with van der Waals surface area (Å²) in [4.78, 5) is 11.4. The Morgan fingerprint density at radius 3 is 2.62 bits per heavy atom. The summed E-state index contributed by atoms with van der Waals surface area (Å²) in [6.45, 7) is 0.333. The normalized spacial score (nSPS) is 14.7. The number of aromatic nitrogens is 1. The molecule has 0 spiro atoms. The van der Waals surface area contributed by atoms with Crippen LogP contribution in [0.3, 0.4) is 0 Å². The Morgan fingerprint density at radius 1 is 1.23 bits per heavy atom. The number of ether oxygens (including phenoxy) is 2. The summed E-state index contributed by atoms with van der Waals surface area (Å²) < 4.78 is 11.7. The molecular formula is C9H13NO2Sn. The van der Waals surface area contributed by atoms with E-state index in [0.29, 0.717) is 6.79 Å². The van der Waals surface area contributed by atoms with Crippen LogP contribution < -0.4 is 13.2 Å². The van der Waals surface area contributed by atoms with Crippen molar-refractivity contribution in [1.29, 1.82) is 0 Å². The summed E-state index contributed by atoms with van der Waals surface area (Å²) in [6.07, 6.45) is 1.78. The third-order valence-corrected chi connectivity index (χ3v) is 7.20. The van der Waals surface area contributed by atoms with Crippen LogP contribution in [0.4, 0.5) is 0 Å². The van der Waals surface area contributed by atoms with Crippen molar-refractivity contribution >= 4 is 22.1 Å². The van der Waals surface area contributed by atoms with Crippen LogP contribution in [0.5, 0.6) is 11.5 Å². The second-order valence-corrected chi connectivity index (χ2v) is 18.5. The van der Waals surface area contributed by atoms with Crippen molar-refractivity contribution in [2.75, 3.05) is 6.79 Å². The van der Waals surface area contributed by atoms with Crippen molar-refractivity contribution in [3.05, 3.63) is 12.3 Å². The second-order valence-electron chi connectivity index (χ2n) is 4.17. The molecule has 13 heavy (non-hydrogen) atoms. The number of nitrogens with zero attached hydrogens (tertiary/aromatic N) is 1. The third-order valence-electron chi connectivity index (χ3n) is 2.03. The molecule has 1 aliphatic rings. The van der Waals surface area contributed by atoms with E-state index in [9.17, 15) is 0 Å². The summed E-state index contributed by atoms with van der Waals surface area (Å²) in [7, 11) is 0. The first kappa shape index (κ1) is 9.12. The van der Waals surface area contributed by atoms with Gasteiger partial charge in [-0.2, -0.15) is 0 Å². The first-order chi connectivity index (χ1) is 6.07. The van der Waals surface area contributed by atoms with Crippen molar-refractivity contribution in [1.82, 2.24) is 4.98 Å². The molecule has 70 valence electrons. The minimum absolute atomic E-state index is 0.333. The quantitative estimate of drug-likeness (QED) is 0.730. The summed E-state index contributed by atoms with van der Waals surface area (Å²) in [5, 5.41) is 0. The van der Waals surface area contributed by atoms with Crippen LogP contribution >= 0.6 is 0 Å². The van der Waals surface area contributed by atoms with Crippen LogP contribution in [0.2, 0.25) is 14.8 Å². The first-order valence-corrected chi connectivity index (χ1v) is 14.3. The topological polar surface area (TPSA) is 31.4 Å². The van der Waals surface area contributed by atoms with Crippen molar-refractivity contribution in [2.24, 2.45) is 0 Å². The molecular weight excluding hydrogens is 273 g/mol. The van der Waals surface area contributed by atoms with Crippen LogP contribution in [0, 0.1) is 0 Å². The van der Waals surface area contributed by atoms with Gasteiger partial charge in [-0.05, 0) is 0 Å². The third kappa shape index (κ3) is 1.75. The molecule has 0 N–H and O–H groups in total. The number of hydrogen-bond acceptors (Lipinski definition) is 3. The Balaban J connectivity index is 2.42. The Bertz CT molecular complexity index is 333. The molecule has 0 bridgehead atoms. The van der Waals surface area contributed by atoms with E-state index in [1.165, 1.54) is 3.71 Å². The molecule has 0 fully saturated rings. The van der Waals surface area contributed by atoms with Crippen LogP contribution in [0.15, 0.2) is 12.3 Å². The van der Waals surface area contributed by atoms with E-state index in [1.54, 1.807) is 6.20 Å². The van der Waals surface area contributed by atoms with Crippen LogP contribution in [0.25, 0.3) is 0 Å². The fraction of sp³-hybridized carbons (Fsp3) is 0.444. The molecule has 0 radical (unpaired) electrons. The van der Waals surface area contributed by atoms with Gasteiger partial charge in [0.05, 0.1) is 0 Å². The molecule has 0 unspecified atom stereocenters. The van der Waals surface area contributed by atoms with Gasteiger partial charge in [0.25, 0.3) is 0 Å². The maximum atomic E-state index is 5.31. The average Bonchev–Trinajstić information content (AvgIpc) is 2.47. The molecule has 1 aromatic heterocycles. The molecule has 1 aromatic rings. The van der Waals surface area contributed by atoms with Gasteiger partial charge in [0.1, 0.15) is 0 Å². The Labute approximate surface area is 81.9 Å². The fourth-order valence-corrected chi connectivity index (χ4v) is 4.11. The van der Waals surface area contributed by atoms with Gasteiger partial charge < -0.3 is 0 Å². The zero-order chi connectivity index (χ0) is 9.47. The van der Waals surface area contributed by atoms with E-state index in [0.717, 1.165) is 11.5 Å². The summed E-state index contributed by atoms with van der Waals surface area (Å²) in [6, 6.07) is 2.04. The van der Waals surface area contributed by atoms with Gasteiger partial charge >= 0.3 is 81.9 Å². The summed E-state index contributed by atoms with van der Waals surface area (Å²) in [5.41, 5.74) is 0. The zero-order valence-electron chi connectivity index (χ0n) is 8.13. The predicted molar refractivity (Wildman–Crippen MR) is 53.3 cm³/mol. The van der Waals surface area contributed by atoms with Gasteiger partial charge in [-0.15, -0.1) is 0 Å². The number of pyridine rings is 1. The van der Waals surface area contributed by atoms with Gasteiger partial charge in [-0.3, -0.25) is 0 Å². The standard InChI is InChI=1S/C6H4NO2.3CH3.Sn/c1-2-7-3-6-5(1)8-4-9-6;;;;/h1,3H,4H2;3*1H3;. The molecule has 4 heteroatoms. The monoisotopic (exact) mass is 287 g/mol. The average molecular weight is 286 g/mol. The summed E-state index contributed by atoms with van der Waals surface area (Å²) in [5.74, 6) is 1.64. The molecule has 0 atom stereocenters. The Hall–Kier alpha value is -0.451. The van der Waals surface area contributed by atoms with E-state index >= 15 is 0 Å². The Kier molecular flexibility index (Phi) is 2.13. The SMILES string of the molecule is [CH3][Sn]([CH3])([CH3])[c]1cc2c(cn1)OCO2. The van der Waals surface area contributed by atoms with Crippen molar-refractivity contribution in [3.8, 4) is 11.5 Å².